The van der Waals surface area contributed by atoms with Crippen LogP contribution in [0.5, 0.6) is 0 Å². The molecule has 142 valence electrons. The topological polar surface area (TPSA) is 113 Å². The molecule has 0 bridgehead atoms. The molecule has 0 saturated carbocycles. The van der Waals surface area contributed by atoms with Crippen LogP contribution in [0.3, 0.4) is 0 Å². The van der Waals surface area contributed by atoms with Gasteiger partial charge in [-0.3, -0.25) is 4.79 Å². The number of carbonyl (C=O) groups excluding carboxylic acids is 1. The molecule has 7 heteroatoms. The number of alkyl carbamates (subject to hydrolysis) is 1. The third kappa shape index (κ3) is 6.14. The number of ether oxygens (including phenoxy) is 1. The van der Waals surface area contributed by atoms with Crippen LogP contribution < -0.4 is 5.32 Å². The van der Waals surface area contributed by atoms with Crippen molar-refractivity contribution in [2.45, 2.75) is 31.4 Å². The van der Waals surface area contributed by atoms with Crippen molar-refractivity contribution in [2.75, 3.05) is 0 Å². The highest BCUT2D eigenvalue weighted by molar-refractivity contribution is 5.85. The van der Waals surface area contributed by atoms with Gasteiger partial charge < -0.3 is 20.3 Å². The summed E-state index contributed by atoms with van der Waals surface area (Å²) in [7, 11) is 0. The Labute approximate surface area is 156 Å². The van der Waals surface area contributed by atoms with Crippen molar-refractivity contribution in [2.24, 2.45) is 0 Å². The summed E-state index contributed by atoms with van der Waals surface area (Å²) in [5, 5.41) is 21.1. The van der Waals surface area contributed by atoms with Crippen LogP contribution >= 0.6 is 0 Å². The fourth-order valence-corrected chi connectivity index (χ4v) is 2.65. The van der Waals surface area contributed by atoms with Crippen LogP contribution in [0.25, 0.3) is 0 Å². The van der Waals surface area contributed by atoms with Crippen molar-refractivity contribution in [3.8, 4) is 0 Å². The largest absolute Gasteiger partial charge is 0.481 e. The van der Waals surface area contributed by atoms with E-state index in [0.29, 0.717) is 5.56 Å². The van der Waals surface area contributed by atoms with Gasteiger partial charge in [-0.15, -0.1) is 0 Å². The molecule has 0 fully saturated rings. The Bertz CT molecular complexity index is 778. The van der Waals surface area contributed by atoms with Crippen LogP contribution in [0.2, 0.25) is 0 Å². The molecule has 0 aromatic heterocycles. The summed E-state index contributed by atoms with van der Waals surface area (Å²) in [6, 6.07) is 17.7. The zero-order valence-corrected chi connectivity index (χ0v) is 14.6. The van der Waals surface area contributed by atoms with Gasteiger partial charge in [0.25, 0.3) is 0 Å². The quantitative estimate of drug-likeness (QED) is 0.625. The van der Waals surface area contributed by atoms with Crippen molar-refractivity contribution in [1.82, 2.24) is 5.32 Å². The molecule has 2 aromatic carbocycles. The van der Waals surface area contributed by atoms with E-state index in [2.05, 4.69) is 5.32 Å². The minimum atomic E-state index is -1.78. The molecule has 0 aliphatic rings. The molecule has 27 heavy (non-hydrogen) atoms. The number of hydrogen-bond acceptors (Lipinski definition) is 4. The van der Waals surface area contributed by atoms with Crippen LogP contribution in [-0.4, -0.2) is 33.8 Å². The second kappa shape index (κ2) is 9.38. The summed E-state index contributed by atoms with van der Waals surface area (Å²) in [5.74, 6) is -2.46. The molecule has 0 saturated heterocycles. The highest BCUT2D eigenvalue weighted by atomic mass is 16.5. The van der Waals surface area contributed by atoms with Gasteiger partial charge in [-0.2, -0.15) is 0 Å². The van der Waals surface area contributed by atoms with E-state index in [9.17, 15) is 19.5 Å². The molecule has 1 atom stereocenters. The summed E-state index contributed by atoms with van der Waals surface area (Å²) < 4.78 is 5.12. The zero-order valence-electron chi connectivity index (χ0n) is 14.6. The van der Waals surface area contributed by atoms with E-state index < -0.39 is 30.0 Å². The van der Waals surface area contributed by atoms with Gasteiger partial charge in [-0.05, 0) is 17.5 Å². The van der Waals surface area contributed by atoms with Gasteiger partial charge in [-0.1, -0.05) is 60.7 Å². The number of carbonyl (C=O) groups is 3. The van der Waals surface area contributed by atoms with Crippen LogP contribution in [-0.2, 0) is 27.4 Å². The number of nitrogens with one attached hydrogen (secondary N) is 1. The van der Waals surface area contributed by atoms with Crippen molar-refractivity contribution < 1.29 is 29.3 Å². The number of hydrogen-bond donors (Lipinski definition) is 3. The van der Waals surface area contributed by atoms with Gasteiger partial charge in [0.2, 0.25) is 0 Å². The lowest BCUT2D eigenvalue weighted by Crippen LogP contribution is -2.56. The Morgan fingerprint density at radius 1 is 0.889 bits per heavy atom. The molecule has 7 nitrogen and oxygen atoms in total. The lowest BCUT2D eigenvalue weighted by Gasteiger charge is -2.30. The Hall–Kier alpha value is -3.35. The number of carboxylic acid groups (broad SMARTS) is 2. The molecule has 3 N–H and O–H groups in total. The Morgan fingerprint density at radius 3 is 1.96 bits per heavy atom. The number of carboxylic acids is 2. The number of benzene rings is 2. The molecule has 0 heterocycles. The van der Waals surface area contributed by atoms with Crippen LogP contribution in [0.15, 0.2) is 60.7 Å². The fraction of sp³-hybridized carbons (Fsp3) is 0.250. The first-order chi connectivity index (χ1) is 12.9. The summed E-state index contributed by atoms with van der Waals surface area (Å²) in [6.45, 7) is -0.0212. The fourth-order valence-electron chi connectivity index (χ4n) is 2.65. The minimum absolute atomic E-state index is 0.0212. The molecule has 2 rings (SSSR count). The Kier molecular flexibility index (Phi) is 6.93. The van der Waals surface area contributed by atoms with Gasteiger partial charge in [-0.25, -0.2) is 9.59 Å². The number of aliphatic carboxylic acids is 2. The van der Waals surface area contributed by atoms with E-state index in [4.69, 9.17) is 9.84 Å². The van der Waals surface area contributed by atoms with Gasteiger partial charge in [0, 0.05) is 12.8 Å². The standard InChI is InChI=1S/C20H21NO6/c22-17(23)11-12-20(18(24)25,13-15-7-3-1-4-8-15)21-19(26)27-14-16-9-5-2-6-10-16/h1-10H,11-14H2,(H,21,26)(H,22,23)(H,24,25)/t20-/m1/s1. The van der Waals surface area contributed by atoms with Crippen molar-refractivity contribution in [1.29, 1.82) is 0 Å². The predicted molar refractivity (Wildman–Crippen MR) is 97.1 cm³/mol. The molecular weight excluding hydrogens is 350 g/mol. The maximum absolute atomic E-state index is 12.2. The number of amides is 1. The molecule has 2 aromatic rings. The first-order valence-corrected chi connectivity index (χ1v) is 8.39. The summed E-state index contributed by atoms with van der Waals surface area (Å²) in [4.78, 5) is 35.2. The van der Waals surface area contributed by atoms with Crippen molar-refractivity contribution >= 4 is 18.0 Å². The van der Waals surface area contributed by atoms with Crippen molar-refractivity contribution in [3.05, 3.63) is 71.8 Å². The van der Waals surface area contributed by atoms with Crippen LogP contribution in [0, 0.1) is 0 Å². The summed E-state index contributed by atoms with van der Waals surface area (Å²) in [6.07, 6.45) is -1.65. The van der Waals surface area contributed by atoms with Gasteiger partial charge in [0.1, 0.15) is 12.1 Å². The zero-order chi connectivity index (χ0) is 19.7. The van der Waals surface area contributed by atoms with Gasteiger partial charge in [0.15, 0.2) is 0 Å². The Balaban J connectivity index is 2.14. The third-order valence-corrected chi connectivity index (χ3v) is 4.08. The molecule has 0 radical (unpaired) electrons. The van der Waals surface area contributed by atoms with Crippen LogP contribution in [0.1, 0.15) is 24.0 Å². The summed E-state index contributed by atoms with van der Waals surface area (Å²) in [5.41, 5.74) is -0.371. The van der Waals surface area contributed by atoms with E-state index in [1.54, 1.807) is 54.6 Å². The van der Waals surface area contributed by atoms with Gasteiger partial charge >= 0.3 is 18.0 Å². The molecule has 1 amide bonds. The Morgan fingerprint density at radius 2 is 1.44 bits per heavy atom. The van der Waals surface area contributed by atoms with E-state index in [-0.39, 0.29) is 19.4 Å². The van der Waals surface area contributed by atoms with Crippen LogP contribution in [0.4, 0.5) is 4.79 Å². The molecular formula is C20H21NO6. The average Bonchev–Trinajstić information content (AvgIpc) is 2.66. The molecule has 0 unspecified atom stereocenters. The van der Waals surface area contributed by atoms with E-state index in [1.807, 2.05) is 6.07 Å². The number of rotatable bonds is 9. The molecule has 0 spiro atoms. The highest BCUT2D eigenvalue weighted by Crippen LogP contribution is 2.21. The average molecular weight is 371 g/mol. The summed E-state index contributed by atoms with van der Waals surface area (Å²) >= 11 is 0. The highest BCUT2D eigenvalue weighted by Gasteiger charge is 2.41. The lowest BCUT2D eigenvalue weighted by molar-refractivity contribution is -0.146. The predicted octanol–water partition coefficient (Wildman–Crippen LogP) is 2.84. The smallest absolute Gasteiger partial charge is 0.408 e. The normalized spacial score (nSPS) is 12.6. The monoisotopic (exact) mass is 371 g/mol. The second-order valence-electron chi connectivity index (χ2n) is 6.13. The maximum atomic E-state index is 12.2. The lowest BCUT2D eigenvalue weighted by atomic mass is 9.86. The third-order valence-electron chi connectivity index (χ3n) is 4.08. The van der Waals surface area contributed by atoms with Crippen molar-refractivity contribution in [3.63, 3.8) is 0 Å². The SMILES string of the molecule is O=C(O)CC[C@](Cc1ccccc1)(NC(=O)OCc1ccccc1)C(=O)O. The molecule has 0 aliphatic heterocycles. The molecule has 0 aliphatic carbocycles. The minimum Gasteiger partial charge on any atom is -0.481 e. The van der Waals surface area contributed by atoms with Gasteiger partial charge in [0.05, 0.1) is 0 Å². The van der Waals surface area contributed by atoms with E-state index >= 15 is 0 Å². The van der Waals surface area contributed by atoms with E-state index in [0.717, 1.165) is 5.56 Å². The second-order valence-corrected chi connectivity index (χ2v) is 6.13. The van der Waals surface area contributed by atoms with E-state index in [1.165, 1.54) is 0 Å². The first-order valence-electron chi connectivity index (χ1n) is 8.39. The first kappa shape index (κ1) is 20.0. The maximum Gasteiger partial charge on any atom is 0.408 e.